The van der Waals surface area contributed by atoms with Crippen molar-refractivity contribution in [2.75, 3.05) is 7.11 Å². The van der Waals surface area contributed by atoms with Crippen molar-refractivity contribution in [3.8, 4) is 17.2 Å². The van der Waals surface area contributed by atoms with Crippen molar-refractivity contribution in [1.82, 2.24) is 14.8 Å². The summed E-state index contributed by atoms with van der Waals surface area (Å²) in [6.45, 7) is 0.295. The molecule has 0 aliphatic carbocycles. The standard InChI is InChI=1S/C23H20ClN3O2S/c1-28-21-9-5-6-17(14-21)16-30-23-26-25-22(27(23)19-7-3-2-4-8-19)15-29-20-12-10-18(24)11-13-20/h2-14H,15-16H2,1H3. The highest BCUT2D eigenvalue weighted by Gasteiger charge is 2.15. The summed E-state index contributed by atoms with van der Waals surface area (Å²) in [7, 11) is 1.67. The number of hydrogen-bond donors (Lipinski definition) is 0. The molecule has 0 N–H and O–H groups in total. The number of ether oxygens (including phenoxy) is 2. The Morgan fingerprint density at radius 2 is 1.70 bits per heavy atom. The highest BCUT2D eigenvalue weighted by Crippen LogP contribution is 2.27. The van der Waals surface area contributed by atoms with Crippen LogP contribution in [0.4, 0.5) is 0 Å². The maximum atomic E-state index is 5.95. The average molecular weight is 438 g/mol. The van der Waals surface area contributed by atoms with Crippen molar-refractivity contribution in [1.29, 1.82) is 0 Å². The Labute approximate surface area is 184 Å². The predicted molar refractivity (Wildman–Crippen MR) is 120 cm³/mol. The van der Waals surface area contributed by atoms with E-state index >= 15 is 0 Å². The fourth-order valence-electron chi connectivity index (χ4n) is 2.91. The van der Waals surface area contributed by atoms with Gasteiger partial charge in [-0.2, -0.15) is 0 Å². The Morgan fingerprint density at radius 3 is 2.47 bits per heavy atom. The van der Waals surface area contributed by atoms with Gasteiger partial charge in [-0.05, 0) is 54.1 Å². The van der Waals surface area contributed by atoms with Crippen molar-refractivity contribution in [2.45, 2.75) is 17.5 Å². The fraction of sp³-hybridized carbons (Fsp3) is 0.130. The van der Waals surface area contributed by atoms with Crippen LogP contribution in [0.1, 0.15) is 11.4 Å². The molecule has 0 bridgehead atoms. The van der Waals surface area contributed by atoms with E-state index in [1.54, 1.807) is 31.0 Å². The summed E-state index contributed by atoms with van der Waals surface area (Å²) >= 11 is 7.57. The molecule has 3 aromatic carbocycles. The number of nitrogens with zero attached hydrogens (tertiary/aromatic N) is 3. The summed E-state index contributed by atoms with van der Waals surface area (Å²) < 4.78 is 13.3. The van der Waals surface area contributed by atoms with Crippen LogP contribution in [0, 0.1) is 0 Å². The van der Waals surface area contributed by atoms with Gasteiger partial charge < -0.3 is 9.47 Å². The molecule has 0 fully saturated rings. The van der Waals surface area contributed by atoms with Crippen molar-refractivity contribution in [3.63, 3.8) is 0 Å². The third kappa shape index (κ3) is 4.96. The molecule has 0 aliphatic rings. The highest BCUT2D eigenvalue weighted by atomic mass is 35.5. The third-order valence-corrected chi connectivity index (χ3v) is 5.65. The Bertz CT molecular complexity index is 1100. The molecule has 0 unspecified atom stereocenters. The lowest BCUT2D eigenvalue weighted by Crippen LogP contribution is -2.06. The zero-order chi connectivity index (χ0) is 20.8. The van der Waals surface area contributed by atoms with Crippen LogP contribution in [0.15, 0.2) is 84.0 Å². The SMILES string of the molecule is COc1cccc(CSc2nnc(COc3ccc(Cl)cc3)n2-c2ccccc2)c1. The van der Waals surface area contributed by atoms with Crippen LogP contribution in [0.25, 0.3) is 5.69 Å². The van der Waals surface area contributed by atoms with E-state index in [4.69, 9.17) is 21.1 Å². The fourth-order valence-corrected chi connectivity index (χ4v) is 3.95. The Kier molecular flexibility index (Phi) is 6.57. The molecule has 0 amide bonds. The van der Waals surface area contributed by atoms with E-state index in [-0.39, 0.29) is 0 Å². The Morgan fingerprint density at radius 1 is 0.900 bits per heavy atom. The van der Waals surface area contributed by atoms with E-state index in [1.165, 1.54) is 0 Å². The first-order valence-electron chi connectivity index (χ1n) is 9.37. The van der Waals surface area contributed by atoms with Crippen LogP contribution in [0.3, 0.4) is 0 Å². The van der Waals surface area contributed by atoms with Crippen molar-refractivity contribution >= 4 is 23.4 Å². The lowest BCUT2D eigenvalue weighted by Gasteiger charge is -2.11. The molecule has 0 radical (unpaired) electrons. The molecule has 1 heterocycles. The molecule has 30 heavy (non-hydrogen) atoms. The quantitative estimate of drug-likeness (QED) is 0.326. The molecule has 4 aromatic rings. The van der Waals surface area contributed by atoms with E-state index in [9.17, 15) is 0 Å². The zero-order valence-electron chi connectivity index (χ0n) is 16.4. The number of para-hydroxylation sites is 1. The summed E-state index contributed by atoms with van der Waals surface area (Å²) in [6, 6.07) is 25.3. The van der Waals surface area contributed by atoms with E-state index in [0.717, 1.165) is 39.5 Å². The molecule has 0 atom stereocenters. The highest BCUT2D eigenvalue weighted by molar-refractivity contribution is 7.98. The number of halogens is 1. The molecule has 7 heteroatoms. The molecule has 0 aliphatic heterocycles. The number of methoxy groups -OCH3 is 1. The lowest BCUT2D eigenvalue weighted by atomic mass is 10.2. The minimum atomic E-state index is 0.295. The molecule has 152 valence electrons. The second-order valence-electron chi connectivity index (χ2n) is 6.45. The number of thioether (sulfide) groups is 1. The first-order chi connectivity index (χ1) is 14.7. The second-order valence-corrected chi connectivity index (χ2v) is 7.83. The number of hydrogen-bond acceptors (Lipinski definition) is 5. The maximum Gasteiger partial charge on any atom is 0.196 e. The van der Waals surface area contributed by atoms with Gasteiger partial charge >= 0.3 is 0 Å². The number of benzene rings is 3. The molecular weight excluding hydrogens is 418 g/mol. The van der Waals surface area contributed by atoms with Crippen LogP contribution >= 0.6 is 23.4 Å². The van der Waals surface area contributed by atoms with Gasteiger partial charge in [0.2, 0.25) is 0 Å². The number of aromatic nitrogens is 3. The second kappa shape index (κ2) is 9.69. The summed E-state index contributed by atoms with van der Waals surface area (Å²) in [6.07, 6.45) is 0. The maximum absolute atomic E-state index is 5.95. The minimum Gasteiger partial charge on any atom is -0.497 e. The average Bonchev–Trinajstić information content (AvgIpc) is 3.21. The van der Waals surface area contributed by atoms with E-state index < -0.39 is 0 Å². The van der Waals surface area contributed by atoms with E-state index in [1.807, 2.05) is 65.2 Å². The van der Waals surface area contributed by atoms with Crippen LogP contribution in [0.5, 0.6) is 11.5 Å². The molecule has 1 aromatic heterocycles. The molecule has 4 rings (SSSR count). The Balaban J connectivity index is 1.56. The van der Waals surface area contributed by atoms with E-state index in [0.29, 0.717) is 11.6 Å². The summed E-state index contributed by atoms with van der Waals surface area (Å²) in [5.41, 5.74) is 2.14. The monoisotopic (exact) mass is 437 g/mol. The van der Waals surface area contributed by atoms with Gasteiger partial charge in [0.1, 0.15) is 18.1 Å². The van der Waals surface area contributed by atoms with Crippen LogP contribution in [-0.2, 0) is 12.4 Å². The van der Waals surface area contributed by atoms with Crippen LogP contribution in [-0.4, -0.2) is 21.9 Å². The number of rotatable bonds is 8. The van der Waals surface area contributed by atoms with Gasteiger partial charge in [-0.25, -0.2) is 0 Å². The molecule has 0 spiro atoms. The first kappa shape index (κ1) is 20.3. The van der Waals surface area contributed by atoms with Crippen LogP contribution in [0.2, 0.25) is 5.02 Å². The summed E-state index contributed by atoms with van der Waals surface area (Å²) in [5.74, 6) is 3.05. The van der Waals surface area contributed by atoms with Crippen molar-refractivity contribution in [2.24, 2.45) is 0 Å². The predicted octanol–water partition coefficient (Wildman–Crippen LogP) is 5.80. The smallest absolute Gasteiger partial charge is 0.196 e. The molecule has 0 saturated heterocycles. The lowest BCUT2D eigenvalue weighted by molar-refractivity contribution is 0.293. The third-order valence-electron chi connectivity index (χ3n) is 4.40. The Hall–Kier alpha value is -2.96. The normalized spacial score (nSPS) is 10.7. The van der Waals surface area contributed by atoms with Gasteiger partial charge in [0.15, 0.2) is 11.0 Å². The van der Waals surface area contributed by atoms with Gasteiger partial charge in [-0.3, -0.25) is 4.57 Å². The van der Waals surface area contributed by atoms with Gasteiger partial charge in [-0.1, -0.05) is 53.7 Å². The van der Waals surface area contributed by atoms with Gasteiger partial charge in [0.05, 0.1) is 7.11 Å². The van der Waals surface area contributed by atoms with Crippen molar-refractivity contribution < 1.29 is 9.47 Å². The summed E-state index contributed by atoms with van der Waals surface area (Å²) in [5, 5.41) is 10.3. The van der Waals surface area contributed by atoms with Crippen LogP contribution < -0.4 is 9.47 Å². The largest absolute Gasteiger partial charge is 0.497 e. The van der Waals surface area contributed by atoms with Crippen molar-refractivity contribution in [3.05, 3.63) is 95.3 Å². The van der Waals surface area contributed by atoms with Gasteiger partial charge in [0.25, 0.3) is 0 Å². The van der Waals surface area contributed by atoms with Gasteiger partial charge in [0, 0.05) is 16.5 Å². The molecule has 5 nitrogen and oxygen atoms in total. The summed E-state index contributed by atoms with van der Waals surface area (Å²) in [4.78, 5) is 0. The van der Waals surface area contributed by atoms with E-state index in [2.05, 4.69) is 16.3 Å². The minimum absolute atomic E-state index is 0.295. The first-order valence-corrected chi connectivity index (χ1v) is 10.7. The zero-order valence-corrected chi connectivity index (χ0v) is 17.9. The topological polar surface area (TPSA) is 49.2 Å². The van der Waals surface area contributed by atoms with Gasteiger partial charge in [-0.15, -0.1) is 10.2 Å². The molecular formula is C23H20ClN3O2S. The molecule has 0 saturated carbocycles.